The summed E-state index contributed by atoms with van der Waals surface area (Å²) in [5, 5.41) is 12.5. The van der Waals surface area contributed by atoms with Gasteiger partial charge in [0.2, 0.25) is 0 Å². The summed E-state index contributed by atoms with van der Waals surface area (Å²) >= 11 is 0. The molecule has 0 heterocycles. The van der Waals surface area contributed by atoms with Gasteiger partial charge in [-0.2, -0.15) is 0 Å². The fraction of sp³-hybridized carbons (Fsp3) is 0.500. The zero-order chi connectivity index (χ0) is 10.4. The molecule has 3 heteroatoms. The molecule has 0 amide bonds. The lowest BCUT2D eigenvalue weighted by Gasteiger charge is -2.10. The first kappa shape index (κ1) is 14.4. The molecule has 0 saturated heterocycles. The highest BCUT2D eigenvalue weighted by molar-refractivity contribution is 5.85. The molecule has 0 aliphatic carbocycles. The van der Waals surface area contributed by atoms with Crippen LogP contribution < -0.4 is 5.32 Å². The average molecular weight is 230 g/mol. The lowest BCUT2D eigenvalue weighted by Crippen LogP contribution is -2.19. The summed E-state index contributed by atoms with van der Waals surface area (Å²) in [6.45, 7) is 6.35. The molecule has 2 N–H and O–H groups in total. The van der Waals surface area contributed by atoms with E-state index in [2.05, 4.69) is 25.2 Å². The lowest BCUT2D eigenvalue weighted by atomic mass is 10.1. The topological polar surface area (TPSA) is 32.3 Å². The molecule has 0 radical (unpaired) electrons. The van der Waals surface area contributed by atoms with E-state index in [-0.39, 0.29) is 19.0 Å². The molecule has 0 aliphatic rings. The zero-order valence-corrected chi connectivity index (χ0v) is 10.2. The average Bonchev–Trinajstić information content (AvgIpc) is 2.18. The van der Waals surface area contributed by atoms with Crippen molar-refractivity contribution in [2.75, 3.05) is 6.54 Å². The van der Waals surface area contributed by atoms with Crippen molar-refractivity contribution in [1.29, 1.82) is 0 Å². The minimum absolute atomic E-state index is 0. The number of hydrogen-bond acceptors (Lipinski definition) is 2. The predicted octanol–water partition coefficient (Wildman–Crippen LogP) is 2.35. The second-order valence-electron chi connectivity index (χ2n) is 3.95. The van der Waals surface area contributed by atoms with Crippen LogP contribution in [0.1, 0.15) is 25.0 Å². The highest BCUT2D eigenvalue weighted by atomic mass is 35.5. The maximum Gasteiger partial charge on any atom is 0.0685 e. The van der Waals surface area contributed by atoms with Crippen LogP contribution >= 0.6 is 12.4 Å². The van der Waals surface area contributed by atoms with Crippen molar-refractivity contribution >= 4 is 12.4 Å². The highest BCUT2D eigenvalue weighted by Gasteiger charge is 2.00. The van der Waals surface area contributed by atoms with Crippen molar-refractivity contribution < 1.29 is 5.11 Å². The number of benzene rings is 1. The second kappa shape index (κ2) is 7.69. The Morgan fingerprint density at radius 1 is 1.20 bits per heavy atom. The minimum atomic E-state index is 0. The van der Waals surface area contributed by atoms with Crippen LogP contribution in [0.2, 0.25) is 0 Å². The summed E-state index contributed by atoms with van der Waals surface area (Å²) in [4.78, 5) is 0. The third-order valence-electron chi connectivity index (χ3n) is 2.16. The van der Waals surface area contributed by atoms with Crippen LogP contribution in [0.4, 0.5) is 0 Å². The molecular formula is C12H20ClNO. The molecule has 0 saturated carbocycles. The highest BCUT2D eigenvalue weighted by Crippen LogP contribution is 2.08. The van der Waals surface area contributed by atoms with E-state index < -0.39 is 0 Å². The molecule has 1 rings (SSSR count). The molecule has 2 nitrogen and oxygen atoms in total. The molecule has 0 aliphatic heterocycles. The van der Waals surface area contributed by atoms with Gasteiger partial charge in [-0.25, -0.2) is 0 Å². The van der Waals surface area contributed by atoms with Crippen LogP contribution in [0.15, 0.2) is 24.3 Å². The third-order valence-corrected chi connectivity index (χ3v) is 2.16. The quantitative estimate of drug-likeness (QED) is 0.813. The van der Waals surface area contributed by atoms with Crippen LogP contribution in [0, 0.1) is 5.92 Å². The second-order valence-corrected chi connectivity index (χ2v) is 3.95. The first-order valence-electron chi connectivity index (χ1n) is 5.12. The van der Waals surface area contributed by atoms with Crippen LogP contribution in [0.5, 0.6) is 0 Å². The first-order chi connectivity index (χ1) is 6.74. The van der Waals surface area contributed by atoms with Crippen LogP contribution in [-0.2, 0) is 13.2 Å². The summed E-state index contributed by atoms with van der Waals surface area (Å²) in [5.74, 6) is 0.663. The Morgan fingerprint density at radius 3 is 2.33 bits per heavy atom. The van der Waals surface area contributed by atoms with Crippen molar-refractivity contribution in [3.8, 4) is 0 Å². The van der Waals surface area contributed by atoms with Crippen molar-refractivity contribution in [2.45, 2.75) is 27.0 Å². The van der Waals surface area contributed by atoms with E-state index in [1.165, 1.54) is 5.56 Å². The van der Waals surface area contributed by atoms with Crippen LogP contribution in [-0.4, -0.2) is 11.7 Å². The van der Waals surface area contributed by atoms with Gasteiger partial charge < -0.3 is 10.4 Å². The molecule has 0 bridgehead atoms. The van der Waals surface area contributed by atoms with E-state index in [4.69, 9.17) is 5.11 Å². The van der Waals surface area contributed by atoms with Gasteiger partial charge in [-0.15, -0.1) is 12.4 Å². The molecule has 1 aromatic carbocycles. The van der Waals surface area contributed by atoms with E-state index in [1.54, 1.807) is 0 Å². The fourth-order valence-electron chi connectivity index (χ4n) is 1.38. The molecule has 0 atom stereocenters. The monoisotopic (exact) mass is 229 g/mol. The Labute approximate surface area is 98.1 Å². The number of rotatable bonds is 5. The van der Waals surface area contributed by atoms with E-state index in [9.17, 15) is 0 Å². The van der Waals surface area contributed by atoms with Crippen molar-refractivity contribution in [1.82, 2.24) is 5.32 Å². The van der Waals surface area contributed by atoms with E-state index in [0.717, 1.165) is 18.7 Å². The maximum atomic E-state index is 9.10. The fourth-order valence-corrected chi connectivity index (χ4v) is 1.38. The van der Waals surface area contributed by atoms with Crippen molar-refractivity contribution in [3.63, 3.8) is 0 Å². The van der Waals surface area contributed by atoms with Gasteiger partial charge in [0.05, 0.1) is 6.61 Å². The third kappa shape index (κ3) is 5.17. The first-order valence-corrected chi connectivity index (χ1v) is 5.12. The molecule has 15 heavy (non-hydrogen) atoms. The summed E-state index contributed by atoms with van der Waals surface area (Å²) in [7, 11) is 0. The Balaban J connectivity index is 0.00000196. The number of halogens is 1. The Bertz CT molecular complexity index is 276. The minimum Gasteiger partial charge on any atom is -0.392 e. The number of aliphatic hydroxyl groups is 1. The van der Waals surface area contributed by atoms with Gasteiger partial charge in [-0.05, 0) is 23.6 Å². The summed E-state index contributed by atoms with van der Waals surface area (Å²) in [6, 6.07) is 7.98. The molecule has 1 aromatic rings. The largest absolute Gasteiger partial charge is 0.392 e. The molecule has 0 spiro atoms. The van der Waals surface area contributed by atoms with Gasteiger partial charge in [-0.1, -0.05) is 38.1 Å². The van der Waals surface area contributed by atoms with Crippen molar-refractivity contribution in [2.24, 2.45) is 5.92 Å². The summed E-state index contributed by atoms with van der Waals surface area (Å²) < 4.78 is 0. The maximum absolute atomic E-state index is 9.10. The molecule has 86 valence electrons. The predicted molar refractivity (Wildman–Crippen MR) is 66.2 cm³/mol. The Morgan fingerprint density at radius 2 is 1.80 bits per heavy atom. The summed E-state index contributed by atoms with van der Waals surface area (Å²) in [6.07, 6.45) is 0. The normalized spacial score (nSPS) is 10.1. The smallest absolute Gasteiger partial charge is 0.0685 e. The Kier molecular flexibility index (Phi) is 7.39. The Hall–Kier alpha value is -0.570. The molecular weight excluding hydrogens is 210 g/mol. The van der Waals surface area contributed by atoms with E-state index in [1.807, 2.05) is 18.2 Å². The summed E-state index contributed by atoms with van der Waals surface area (Å²) in [5.41, 5.74) is 2.21. The standard InChI is InChI=1S/C12H19NO.ClH/c1-10(2)7-13-8-11-5-3-4-6-12(11)9-14;/h3-6,10,13-14H,7-9H2,1-2H3;1H. The molecule has 0 fully saturated rings. The van der Waals surface area contributed by atoms with E-state index in [0.29, 0.717) is 5.92 Å². The number of aliphatic hydroxyl groups excluding tert-OH is 1. The zero-order valence-electron chi connectivity index (χ0n) is 9.36. The SMILES string of the molecule is CC(C)CNCc1ccccc1CO.Cl. The van der Waals surface area contributed by atoms with Crippen LogP contribution in [0.25, 0.3) is 0 Å². The van der Waals surface area contributed by atoms with Gasteiger partial charge in [0.25, 0.3) is 0 Å². The number of nitrogens with one attached hydrogen (secondary N) is 1. The van der Waals surface area contributed by atoms with Gasteiger partial charge in [0.15, 0.2) is 0 Å². The van der Waals surface area contributed by atoms with Gasteiger partial charge in [0.1, 0.15) is 0 Å². The number of hydrogen-bond donors (Lipinski definition) is 2. The lowest BCUT2D eigenvalue weighted by molar-refractivity contribution is 0.280. The van der Waals surface area contributed by atoms with Gasteiger partial charge >= 0.3 is 0 Å². The molecule has 0 unspecified atom stereocenters. The van der Waals surface area contributed by atoms with Crippen molar-refractivity contribution in [3.05, 3.63) is 35.4 Å². The van der Waals surface area contributed by atoms with Gasteiger partial charge in [-0.3, -0.25) is 0 Å². The molecule has 0 aromatic heterocycles. The van der Waals surface area contributed by atoms with Crippen LogP contribution in [0.3, 0.4) is 0 Å². The van der Waals surface area contributed by atoms with E-state index >= 15 is 0 Å². The van der Waals surface area contributed by atoms with Gasteiger partial charge in [0, 0.05) is 6.54 Å².